The van der Waals surface area contributed by atoms with Gasteiger partial charge in [-0.15, -0.1) is 0 Å². The van der Waals surface area contributed by atoms with Gasteiger partial charge in [-0.25, -0.2) is 4.99 Å². The Morgan fingerprint density at radius 2 is 2.00 bits per heavy atom. The molecule has 146 valence electrons. The van der Waals surface area contributed by atoms with Crippen molar-refractivity contribution in [2.75, 3.05) is 32.7 Å². The van der Waals surface area contributed by atoms with Crippen LogP contribution in [0.25, 0.3) is 10.9 Å². The maximum absolute atomic E-state index is 4.78. The molecule has 3 rings (SSSR count). The van der Waals surface area contributed by atoms with E-state index in [4.69, 9.17) is 4.99 Å². The summed E-state index contributed by atoms with van der Waals surface area (Å²) in [5, 5.41) is 8.02. The van der Waals surface area contributed by atoms with Gasteiger partial charge >= 0.3 is 0 Å². The number of fused-ring (bicyclic) bond motifs is 1. The van der Waals surface area contributed by atoms with Crippen LogP contribution < -0.4 is 10.6 Å². The fraction of sp³-hybridized carbons (Fsp3) is 0.545. The minimum absolute atomic E-state index is 0.655. The average molecular weight is 368 g/mol. The van der Waals surface area contributed by atoms with Crippen LogP contribution in [-0.4, -0.2) is 48.6 Å². The third-order valence-corrected chi connectivity index (χ3v) is 5.31. The Morgan fingerprint density at radius 3 is 2.81 bits per heavy atom. The highest BCUT2D eigenvalue weighted by Gasteiger charge is 2.14. The molecule has 1 aliphatic heterocycles. The molecule has 0 radical (unpaired) electrons. The molecule has 0 amide bonds. The topological polar surface area (TPSA) is 52.6 Å². The number of piperidine rings is 1. The van der Waals surface area contributed by atoms with Crippen LogP contribution in [0.3, 0.4) is 0 Å². The molecule has 27 heavy (non-hydrogen) atoms. The molecule has 0 spiro atoms. The Hall–Kier alpha value is -2.14. The van der Waals surface area contributed by atoms with Crippen molar-refractivity contribution in [3.8, 4) is 0 Å². The van der Waals surface area contributed by atoms with Gasteiger partial charge in [0, 0.05) is 24.7 Å². The number of aromatic nitrogens is 1. The summed E-state index contributed by atoms with van der Waals surface area (Å²) in [4.78, 5) is 11.8. The number of hydrogen-bond acceptors (Lipinski definition) is 3. The molecule has 5 heteroatoms. The summed E-state index contributed by atoms with van der Waals surface area (Å²) in [5.41, 5.74) is 2.24. The normalized spacial score (nSPS) is 16.6. The molecule has 0 bridgehead atoms. The highest BCUT2D eigenvalue weighted by molar-refractivity contribution is 5.83. The highest BCUT2D eigenvalue weighted by atomic mass is 15.2. The predicted molar refractivity (Wildman–Crippen MR) is 114 cm³/mol. The van der Waals surface area contributed by atoms with Crippen LogP contribution in [0.15, 0.2) is 41.5 Å². The van der Waals surface area contributed by atoms with Gasteiger partial charge in [0.1, 0.15) is 0 Å². The van der Waals surface area contributed by atoms with Gasteiger partial charge in [-0.1, -0.05) is 25.1 Å². The minimum atomic E-state index is 0.655. The lowest BCUT2D eigenvalue weighted by atomic mass is 9.99. The van der Waals surface area contributed by atoms with Crippen molar-refractivity contribution in [2.24, 2.45) is 10.9 Å². The van der Waals surface area contributed by atoms with E-state index in [2.05, 4.69) is 52.6 Å². The summed E-state index contributed by atoms with van der Waals surface area (Å²) < 4.78 is 0. The average Bonchev–Trinajstić information content (AvgIpc) is 2.70. The largest absolute Gasteiger partial charge is 0.357 e. The fourth-order valence-electron chi connectivity index (χ4n) is 3.59. The molecule has 1 aliphatic rings. The lowest BCUT2D eigenvalue weighted by molar-refractivity contribution is 0.191. The molecular weight excluding hydrogens is 334 g/mol. The third-order valence-electron chi connectivity index (χ3n) is 5.31. The van der Waals surface area contributed by atoms with E-state index in [0.29, 0.717) is 6.54 Å². The van der Waals surface area contributed by atoms with Crippen molar-refractivity contribution in [3.05, 3.63) is 42.1 Å². The number of likely N-dealkylation sites (tertiary alicyclic amines) is 1. The van der Waals surface area contributed by atoms with Gasteiger partial charge in [0.25, 0.3) is 0 Å². The molecule has 1 fully saturated rings. The lowest BCUT2D eigenvalue weighted by Crippen LogP contribution is -2.39. The quantitative estimate of drug-likeness (QED) is 0.447. The third kappa shape index (κ3) is 5.93. The van der Waals surface area contributed by atoms with Gasteiger partial charge in [0.2, 0.25) is 0 Å². The van der Waals surface area contributed by atoms with Gasteiger partial charge < -0.3 is 15.5 Å². The van der Waals surface area contributed by atoms with Gasteiger partial charge in [-0.05, 0) is 69.4 Å². The van der Waals surface area contributed by atoms with Crippen LogP contribution in [0.2, 0.25) is 0 Å². The zero-order chi connectivity index (χ0) is 18.9. The molecule has 0 unspecified atom stereocenters. The van der Waals surface area contributed by atoms with E-state index in [1.54, 1.807) is 0 Å². The molecule has 2 aromatic rings. The first-order valence-electron chi connectivity index (χ1n) is 10.3. The maximum atomic E-state index is 4.78. The molecule has 1 aromatic heterocycles. The second-order valence-corrected chi connectivity index (χ2v) is 7.49. The highest BCUT2D eigenvalue weighted by Crippen LogP contribution is 2.17. The molecule has 1 aromatic carbocycles. The van der Waals surface area contributed by atoms with Gasteiger partial charge in [-0.2, -0.15) is 0 Å². The van der Waals surface area contributed by atoms with Crippen molar-refractivity contribution in [1.82, 2.24) is 20.5 Å². The zero-order valence-electron chi connectivity index (χ0n) is 16.7. The van der Waals surface area contributed by atoms with Crippen molar-refractivity contribution in [3.63, 3.8) is 0 Å². The van der Waals surface area contributed by atoms with Crippen LogP contribution in [0, 0.1) is 5.92 Å². The molecule has 0 saturated carbocycles. The van der Waals surface area contributed by atoms with Crippen LogP contribution in [0.5, 0.6) is 0 Å². The number of aliphatic imine (C=N–C) groups is 1. The molecule has 2 N–H and O–H groups in total. The number of rotatable bonds is 7. The zero-order valence-corrected chi connectivity index (χ0v) is 16.7. The van der Waals surface area contributed by atoms with Crippen LogP contribution in [-0.2, 0) is 6.54 Å². The van der Waals surface area contributed by atoms with Crippen molar-refractivity contribution in [2.45, 2.75) is 39.7 Å². The van der Waals surface area contributed by atoms with E-state index < -0.39 is 0 Å². The maximum Gasteiger partial charge on any atom is 0.191 e. The van der Waals surface area contributed by atoms with E-state index in [-0.39, 0.29) is 0 Å². The van der Waals surface area contributed by atoms with E-state index >= 15 is 0 Å². The van der Waals surface area contributed by atoms with Crippen LogP contribution >= 0.6 is 0 Å². The number of nitrogens with zero attached hydrogens (tertiary/aromatic N) is 3. The van der Waals surface area contributed by atoms with Crippen LogP contribution in [0.4, 0.5) is 0 Å². The summed E-state index contributed by atoms with van der Waals surface area (Å²) in [7, 11) is 0. The number of guanidine groups is 1. The number of benzene rings is 1. The Balaban J connectivity index is 1.50. The second kappa shape index (κ2) is 10.3. The Bertz CT molecular complexity index is 729. The number of nitrogens with one attached hydrogen (secondary N) is 2. The lowest BCUT2D eigenvalue weighted by Gasteiger charge is -2.30. The monoisotopic (exact) mass is 367 g/mol. The fourth-order valence-corrected chi connectivity index (χ4v) is 3.59. The SMILES string of the molecule is CCNC(=NCc1ccnc2ccccc12)NCCCN1CCC(C)CC1. The van der Waals surface area contributed by atoms with E-state index in [1.165, 1.54) is 43.4 Å². The van der Waals surface area contributed by atoms with Gasteiger partial charge in [0.15, 0.2) is 5.96 Å². The van der Waals surface area contributed by atoms with Crippen molar-refractivity contribution in [1.29, 1.82) is 0 Å². The van der Waals surface area contributed by atoms with Crippen molar-refractivity contribution >= 4 is 16.9 Å². The minimum Gasteiger partial charge on any atom is -0.357 e. The van der Waals surface area contributed by atoms with Gasteiger partial charge in [-0.3, -0.25) is 4.98 Å². The number of hydrogen-bond donors (Lipinski definition) is 2. The standard InChI is InChI=1S/C22H33N5/c1-3-23-22(25-12-6-14-27-15-10-18(2)11-16-27)26-17-19-9-13-24-21-8-5-4-7-20(19)21/h4-5,7-9,13,18H,3,6,10-12,14-17H2,1-2H3,(H2,23,25,26). The van der Waals surface area contributed by atoms with E-state index in [9.17, 15) is 0 Å². The summed E-state index contributed by atoms with van der Waals surface area (Å²) in [6.07, 6.45) is 5.71. The first-order valence-corrected chi connectivity index (χ1v) is 10.3. The first-order chi connectivity index (χ1) is 13.3. The molecule has 5 nitrogen and oxygen atoms in total. The predicted octanol–water partition coefficient (Wildman–Crippen LogP) is 3.41. The molecule has 1 saturated heterocycles. The van der Waals surface area contributed by atoms with Crippen molar-refractivity contribution < 1.29 is 0 Å². The smallest absolute Gasteiger partial charge is 0.191 e. The molecule has 0 aliphatic carbocycles. The van der Waals surface area contributed by atoms with E-state index in [0.717, 1.165) is 36.9 Å². The number of para-hydroxylation sites is 1. The second-order valence-electron chi connectivity index (χ2n) is 7.49. The Labute approximate surface area is 163 Å². The molecule has 0 atom stereocenters. The molecule has 2 heterocycles. The van der Waals surface area contributed by atoms with Gasteiger partial charge in [0.05, 0.1) is 12.1 Å². The first kappa shape index (κ1) is 19.6. The van der Waals surface area contributed by atoms with E-state index in [1.807, 2.05) is 18.3 Å². The summed E-state index contributed by atoms with van der Waals surface area (Å²) in [6.45, 7) is 10.6. The molecular formula is C22H33N5. The van der Waals surface area contributed by atoms with Crippen LogP contribution in [0.1, 0.15) is 38.7 Å². The summed E-state index contributed by atoms with van der Waals surface area (Å²) >= 11 is 0. The Kier molecular flexibility index (Phi) is 7.45. The number of pyridine rings is 1. The summed E-state index contributed by atoms with van der Waals surface area (Å²) in [6, 6.07) is 10.3. The summed E-state index contributed by atoms with van der Waals surface area (Å²) in [5.74, 6) is 1.79. The Morgan fingerprint density at radius 1 is 1.19 bits per heavy atom.